The third kappa shape index (κ3) is 3.09. The van der Waals surface area contributed by atoms with E-state index in [0.717, 1.165) is 24.2 Å². The summed E-state index contributed by atoms with van der Waals surface area (Å²) in [6.07, 6.45) is 5.18. The zero-order valence-electron chi connectivity index (χ0n) is 13.7. The molecule has 1 amide bonds. The molecule has 0 atom stereocenters. The standard InChI is InChI=1S/C18H23N3O2/c1-13-17(19-16(22)12-14-8-6-7-9-14)18(23)21(20(13)2)15-10-4-3-5-11-15/h3-5,10-11,14H,6-9,12H2,1-2H3,(H,19,22). The van der Waals surface area contributed by atoms with E-state index in [1.165, 1.54) is 12.8 Å². The molecule has 0 aliphatic heterocycles. The molecule has 1 saturated carbocycles. The quantitative estimate of drug-likeness (QED) is 0.943. The molecule has 3 rings (SSSR count). The lowest BCUT2D eigenvalue weighted by Crippen LogP contribution is -2.23. The van der Waals surface area contributed by atoms with E-state index in [9.17, 15) is 9.59 Å². The minimum atomic E-state index is -0.184. The van der Waals surface area contributed by atoms with Gasteiger partial charge in [-0.3, -0.25) is 14.3 Å². The van der Waals surface area contributed by atoms with Crippen molar-refractivity contribution in [3.8, 4) is 5.69 Å². The number of hydrogen-bond acceptors (Lipinski definition) is 2. The van der Waals surface area contributed by atoms with E-state index in [2.05, 4.69) is 5.32 Å². The van der Waals surface area contributed by atoms with Gasteiger partial charge in [-0.05, 0) is 37.8 Å². The number of benzene rings is 1. The fourth-order valence-corrected chi connectivity index (χ4v) is 3.38. The van der Waals surface area contributed by atoms with E-state index in [1.54, 1.807) is 9.36 Å². The molecule has 122 valence electrons. The fraction of sp³-hybridized carbons (Fsp3) is 0.444. The van der Waals surface area contributed by atoms with Gasteiger partial charge in [0, 0.05) is 13.5 Å². The number of para-hydroxylation sites is 1. The molecule has 0 spiro atoms. The summed E-state index contributed by atoms with van der Waals surface area (Å²) in [6.45, 7) is 1.85. The molecule has 2 aromatic rings. The Balaban J connectivity index is 1.85. The minimum Gasteiger partial charge on any atom is -0.320 e. The summed E-state index contributed by atoms with van der Waals surface area (Å²) < 4.78 is 3.36. The summed E-state index contributed by atoms with van der Waals surface area (Å²) in [7, 11) is 1.83. The second kappa shape index (κ2) is 6.44. The topological polar surface area (TPSA) is 56.0 Å². The zero-order valence-corrected chi connectivity index (χ0v) is 13.7. The monoisotopic (exact) mass is 313 g/mol. The van der Waals surface area contributed by atoms with Crippen molar-refractivity contribution in [1.82, 2.24) is 9.36 Å². The number of nitrogens with zero attached hydrogens (tertiary/aromatic N) is 2. The largest absolute Gasteiger partial charge is 0.320 e. The molecule has 1 aromatic heterocycles. The molecule has 1 N–H and O–H groups in total. The first-order valence-corrected chi connectivity index (χ1v) is 8.22. The van der Waals surface area contributed by atoms with Crippen molar-refractivity contribution >= 4 is 11.6 Å². The van der Waals surface area contributed by atoms with Crippen molar-refractivity contribution in [2.45, 2.75) is 39.0 Å². The van der Waals surface area contributed by atoms with E-state index in [0.29, 0.717) is 18.0 Å². The Bertz CT molecular complexity index is 753. The maximum atomic E-state index is 12.7. The Morgan fingerprint density at radius 2 is 1.87 bits per heavy atom. The molecule has 23 heavy (non-hydrogen) atoms. The van der Waals surface area contributed by atoms with Crippen LogP contribution in [0.15, 0.2) is 35.1 Å². The number of aromatic nitrogens is 2. The number of amides is 1. The van der Waals surface area contributed by atoms with Gasteiger partial charge >= 0.3 is 0 Å². The van der Waals surface area contributed by atoms with Gasteiger partial charge in [0.05, 0.1) is 11.4 Å². The maximum absolute atomic E-state index is 12.7. The zero-order chi connectivity index (χ0) is 16.4. The number of rotatable bonds is 4. The summed E-state index contributed by atoms with van der Waals surface area (Å²) in [6, 6.07) is 9.45. The number of hydrogen-bond donors (Lipinski definition) is 1. The highest BCUT2D eigenvalue weighted by atomic mass is 16.2. The summed E-state index contributed by atoms with van der Waals surface area (Å²) in [5, 5.41) is 2.84. The summed E-state index contributed by atoms with van der Waals surface area (Å²) in [5.74, 6) is 0.415. The summed E-state index contributed by atoms with van der Waals surface area (Å²) in [4.78, 5) is 25.0. The van der Waals surface area contributed by atoms with Gasteiger partial charge in [-0.1, -0.05) is 31.0 Å². The van der Waals surface area contributed by atoms with E-state index < -0.39 is 0 Å². The average molecular weight is 313 g/mol. The highest BCUT2D eigenvalue weighted by Gasteiger charge is 2.21. The molecule has 0 unspecified atom stereocenters. The fourth-order valence-electron chi connectivity index (χ4n) is 3.38. The van der Waals surface area contributed by atoms with E-state index in [1.807, 2.05) is 44.3 Å². The van der Waals surface area contributed by atoms with Gasteiger partial charge in [-0.15, -0.1) is 0 Å². The van der Waals surface area contributed by atoms with Crippen LogP contribution >= 0.6 is 0 Å². The third-order valence-corrected chi connectivity index (χ3v) is 4.77. The SMILES string of the molecule is Cc1c(NC(=O)CC2CCCC2)c(=O)n(-c2ccccc2)n1C. The Kier molecular flexibility index (Phi) is 4.37. The molecule has 1 aliphatic rings. The molecule has 1 aliphatic carbocycles. The van der Waals surface area contributed by atoms with Crippen LogP contribution in [0.1, 0.15) is 37.8 Å². The lowest BCUT2D eigenvalue weighted by molar-refractivity contribution is -0.117. The lowest BCUT2D eigenvalue weighted by Gasteiger charge is -2.08. The number of carbonyl (C=O) groups excluding carboxylic acids is 1. The van der Waals surface area contributed by atoms with Crippen LogP contribution in [0.25, 0.3) is 5.69 Å². The molecule has 1 aromatic carbocycles. The first-order valence-electron chi connectivity index (χ1n) is 8.22. The van der Waals surface area contributed by atoms with Gasteiger partial charge in [-0.25, -0.2) is 4.68 Å². The minimum absolute atomic E-state index is 0.0529. The third-order valence-electron chi connectivity index (χ3n) is 4.77. The van der Waals surface area contributed by atoms with E-state index in [4.69, 9.17) is 0 Å². The van der Waals surface area contributed by atoms with Crippen LogP contribution in [0.5, 0.6) is 0 Å². The van der Waals surface area contributed by atoms with Gasteiger partial charge in [0.2, 0.25) is 5.91 Å². The molecule has 0 bridgehead atoms. The Hall–Kier alpha value is -2.30. The predicted molar refractivity (Wildman–Crippen MR) is 91.0 cm³/mol. The average Bonchev–Trinajstić information content (AvgIpc) is 3.12. The van der Waals surface area contributed by atoms with Gasteiger partial charge < -0.3 is 5.32 Å². The van der Waals surface area contributed by atoms with Crippen LogP contribution in [-0.2, 0) is 11.8 Å². The molecule has 0 radical (unpaired) electrons. The molecule has 5 nitrogen and oxygen atoms in total. The van der Waals surface area contributed by atoms with Crippen molar-refractivity contribution < 1.29 is 4.79 Å². The highest BCUT2D eigenvalue weighted by molar-refractivity contribution is 5.91. The van der Waals surface area contributed by atoms with Crippen molar-refractivity contribution in [2.24, 2.45) is 13.0 Å². The van der Waals surface area contributed by atoms with Crippen LogP contribution in [0.4, 0.5) is 5.69 Å². The van der Waals surface area contributed by atoms with Gasteiger partial charge in [0.1, 0.15) is 5.69 Å². The maximum Gasteiger partial charge on any atom is 0.295 e. The van der Waals surface area contributed by atoms with E-state index >= 15 is 0 Å². The molecule has 1 fully saturated rings. The normalized spacial score (nSPS) is 15.0. The Morgan fingerprint density at radius 1 is 1.22 bits per heavy atom. The first-order chi connectivity index (χ1) is 11.1. The van der Waals surface area contributed by atoms with Crippen molar-refractivity contribution in [1.29, 1.82) is 0 Å². The number of nitrogens with one attached hydrogen (secondary N) is 1. The second-order valence-electron chi connectivity index (χ2n) is 6.34. The smallest absolute Gasteiger partial charge is 0.295 e. The van der Waals surface area contributed by atoms with Crippen LogP contribution in [0, 0.1) is 12.8 Å². The highest BCUT2D eigenvalue weighted by Crippen LogP contribution is 2.27. The van der Waals surface area contributed by atoms with Crippen LogP contribution in [0.3, 0.4) is 0 Å². The van der Waals surface area contributed by atoms with Crippen LogP contribution in [0.2, 0.25) is 0 Å². The molecule has 5 heteroatoms. The van der Waals surface area contributed by atoms with Gasteiger partial charge in [0.15, 0.2) is 0 Å². The van der Waals surface area contributed by atoms with Crippen molar-refractivity contribution in [3.63, 3.8) is 0 Å². The number of anilines is 1. The Morgan fingerprint density at radius 3 is 2.52 bits per heavy atom. The van der Waals surface area contributed by atoms with Crippen LogP contribution in [-0.4, -0.2) is 15.3 Å². The summed E-state index contributed by atoms with van der Waals surface area (Å²) >= 11 is 0. The molecule has 1 heterocycles. The van der Waals surface area contributed by atoms with Crippen molar-refractivity contribution in [3.05, 3.63) is 46.4 Å². The summed E-state index contributed by atoms with van der Waals surface area (Å²) in [5.41, 5.74) is 1.76. The predicted octanol–water partition coefficient (Wildman–Crippen LogP) is 3.00. The first kappa shape index (κ1) is 15.6. The lowest BCUT2D eigenvalue weighted by atomic mass is 10.0. The number of carbonyl (C=O) groups is 1. The van der Waals surface area contributed by atoms with Crippen molar-refractivity contribution in [2.75, 3.05) is 5.32 Å². The molecular formula is C18H23N3O2. The van der Waals surface area contributed by atoms with Crippen LogP contribution < -0.4 is 10.9 Å². The Labute approximate surface area is 135 Å². The van der Waals surface area contributed by atoms with E-state index in [-0.39, 0.29) is 11.5 Å². The molecular weight excluding hydrogens is 290 g/mol. The second-order valence-corrected chi connectivity index (χ2v) is 6.34. The molecule has 0 saturated heterocycles. The van der Waals surface area contributed by atoms with Gasteiger partial charge in [0.25, 0.3) is 5.56 Å². The van der Waals surface area contributed by atoms with Gasteiger partial charge in [-0.2, -0.15) is 0 Å².